The van der Waals surface area contributed by atoms with Crippen LogP contribution in [0.15, 0.2) is 5.16 Å². The number of hydrogen-bond donors (Lipinski definition) is 1. The second-order valence-electron chi connectivity index (χ2n) is 5.12. The van der Waals surface area contributed by atoms with E-state index < -0.39 is 8.80 Å². The lowest BCUT2D eigenvalue weighted by atomic mass is 10.1. The molecular formula is C14H29N3O3SSi. The van der Waals surface area contributed by atoms with Crippen LogP contribution in [0.2, 0.25) is 6.04 Å². The highest BCUT2D eigenvalue weighted by Gasteiger charge is 2.36. The monoisotopic (exact) mass is 347 g/mol. The Hall–Kier alpha value is -0.413. The van der Waals surface area contributed by atoms with E-state index in [0.717, 1.165) is 35.6 Å². The van der Waals surface area contributed by atoms with Crippen molar-refractivity contribution in [3.8, 4) is 0 Å². The van der Waals surface area contributed by atoms with Crippen molar-refractivity contribution < 1.29 is 13.3 Å². The maximum absolute atomic E-state index is 5.40. The third-order valence-electron chi connectivity index (χ3n) is 3.57. The molecule has 0 saturated carbocycles. The van der Waals surface area contributed by atoms with Crippen molar-refractivity contribution in [1.82, 2.24) is 15.2 Å². The lowest BCUT2D eigenvalue weighted by Gasteiger charge is -2.23. The number of aromatic nitrogens is 3. The largest absolute Gasteiger partial charge is 0.500 e. The summed E-state index contributed by atoms with van der Waals surface area (Å²) in [7, 11) is 2.50. The quantitative estimate of drug-likeness (QED) is 0.335. The summed E-state index contributed by atoms with van der Waals surface area (Å²) in [5, 5.41) is 8.10. The van der Waals surface area contributed by atoms with Crippen LogP contribution in [-0.4, -0.2) is 51.1 Å². The van der Waals surface area contributed by atoms with Crippen LogP contribution >= 0.6 is 11.8 Å². The first-order valence-corrected chi connectivity index (χ1v) is 10.8. The minimum absolute atomic E-state index is 0.803. The highest BCUT2D eigenvalue weighted by Crippen LogP contribution is 2.20. The van der Waals surface area contributed by atoms with Crippen LogP contribution in [0.25, 0.3) is 0 Å². The summed E-state index contributed by atoms with van der Waals surface area (Å²) < 4.78 is 16.2. The minimum Gasteiger partial charge on any atom is -0.377 e. The van der Waals surface area contributed by atoms with Gasteiger partial charge in [-0.1, -0.05) is 37.9 Å². The standard InChI is InChI=1S/C14H29N3O3SSi/c1-5-6-7-8-10-13-15-14(17-16-13)21-11-9-12-22(18-2,19-3)20-4/h5-12H2,1-4H3,(H,15,16,17). The van der Waals surface area contributed by atoms with E-state index in [1.807, 2.05) is 0 Å². The highest BCUT2D eigenvalue weighted by molar-refractivity contribution is 7.99. The van der Waals surface area contributed by atoms with Gasteiger partial charge in [0.05, 0.1) is 0 Å². The molecule has 0 spiro atoms. The number of aromatic amines is 1. The fourth-order valence-corrected chi connectivity index (χ4v) is 4.92. The number of unbranched alkanes of at least 4 members (excludes halogenated alkanes) is 3. The van der Waals surface area contributed by atoms with E-state index in [0.29, 0.717) is 0 Å². The van der Waals surface area contributed by atoms with E-state index >= 15 is 0 Å². The molecule has 0 aliphatic rings. The van der Waals surface area contributed by atoms with Crippen LogP contribution in [0.3, 0.4) is 0 Å². The summed E-state index contributed by atoms with van der Waals surface area (Å²) in [6.07, 6.45) is 6.92. The van der Waals surface area contributed by atoms with Crippen molar-refractivity contribution in [3.63, 3.8) is 0 Å². The summed E-state index contributed by atoms with van der Waals surface area (Å²) in [4.78, 5) is 4.52. The molecule has 0 aliphatic carbocycles. The van der Waals surface area contributed by atoms with Gasteiger partial charge in [0, 0.05) is 39.5 Å². The molecule has 1 aromatic rings. The van der Waals surface area contributed by atoms with Crippen LogP contribution in [-0.2, 0) is 19.7 Å². The van der Waals surface area contributed by atoms with Crippen molar-refractivity contribution in [3.05, 3.63) is 5.82 Å². The number of H-pyrrole nitrogens is 1. The van der Waals surface area contributed by atoms with Gasteiger partial charge in [0.1, 0.15) is 5.82 Å². The molecule has 1 heterocycles. The van der Waals surface area contributed by atoms with Gasteiger partial charge in [-0.3, -0.25) is 5.10 Å². The summed E-state index contributed by atoms with van der Waals surface area (Å²) >= 11 is 1.66. The smallest absolute Gasteiger partial charge is 0.377 e. The van der Waals surface area contributed by atoms with Crippen LogP contribution in [0, 0.1) is 0 Å². The summed E-state index contributed by atoms with van der Waals surface area (Å²) in [5.74, 6) is 1.92. The molecule has 0 aliphatic heterocycles. The average Bonchev–Trinajstić information content (AvgIpc) is 3.00. The Morgan fingerprint density at radius 1 is 1.05 bits per heavy atom. The molecule has 0 fully saturated rings. The third-order valence-corrected chi connectivity index (χ3v) is 7.34. The van der Waals surface area contributed by atoms with E-state index in [1.165, 1.54) is 25.7 Å². The molecule has 0 aromatic carbocycles. The zero-order valence-corrected chi connectivity index (χ0v) is 16.0. The minimum atomic E-state index is -2.44. The van der Waals surface area contributed by atoms with Crippen LogP contribution in [0.4, 0.5) is 0 Å². The number of nitrogens with zero attached hydrogens (tertiary/aromatic N) is 2. The first-order valence-electron chi connectivity index (χ1n) is 7.89. The van der Waals surface area contributed by atoms with E-state index in [4.69, 9.17) is 13.3 Å². The zero-order chi connectivity index (χ0) is 16.3. The van der Waals surface area contributed by atoms with Crippen LogP contribution in [0.5, 0.6) is 0 Å². The molecule has 0 amide bonds. The predicted octanol–water partition coefficient (Wildman–Crippen LogP) is 3.29. The normalized spacial score (nSPS) is 12.0. The van der Waals surface area contributed by atoms with Crippen molar-refractivity contribution in [2.75, 3.05) is 27.1 Å². The fraction of sp³-hybridized carbons (Fsp3) is 0.857. The Kier molecular flexibility index (Phi) is 9.97. The van der Waals surface area contributed by atoms with Crippen molar-refractivity contribution >= 4 is 20.6 Å². The summed E-state index contributed by atoms with van der Waals surface area (Å²) in [6.45, 7) is 2.22. The van der Waals surface area contributed by atoms with Gasteiger partial charge in [-0.2, -0.15) is 0 Å². The zero-order valence-electron chi connectivity index (χ0n) is 14.2. The van der Waals surface area contributed by atoms with Gasteiger partial charge in [0.25, 0.3) is 0 Å². The molecule has 0 radical (unpaired) electrons. The van der Waals surface area contributed by atoms with Gasteiger partial charge >= 0.3 is 8.80 Å². The number of rotatable bonds is 13. The summed E-state index contributed by atoms with van der Waals surface area (Å²) in [5.41, 5.74) is 0. The SMILES string of the molecule is CCCCCCc1nc(SCCC[Si](OC)(OC)OC)n[nH]1. The van der Waals surface area contributed by atoms with E-state index in [9.17, 15) is 0 Å². The molecule has 1 aromatic heterocycles. The average molecular weight is 348 g/mol. The summed E-state index contributed by atoms with van der Waals surface area (Å²) in [6, 6.07) is 0.803. The molecule has 0 unspecified atom stereocenters. The van der Waals surface area contributed by atoms with Gasteiger partial charge in [-0.25, -0.2) is 4.98 Å². The second-order valence-corrected chi connectivity index (χ2v) is 9.28. The van der Waals surface area contributed by atoms with Crippen molar-refractivity contribution in [2.45, 2.75) is 56.6 Å². The third kappa shape index (κ3) is 6.78. The van der Waals surface area contributed by atoms with Crippen LogP contribution < -0.4 is 0 Å². The first-order chi connectivity index (χ1) is 10.7. The van der Waals surface area contributed by atoms with E-state index in [2.05, 4.69) is 22.1 Å². The van der Waals surface area contributed by atoms with Crippen LogP contribution in [0.1, 0.15) is 44.9 Å². The van der Waals surface area contributed by atoms with Gasteiger partial charge in [0.15, 0.2) is 0 Å². The number of hydrogen-bond acceptors (Lipinski definition) is 6. The number of thioether (sulfide) groups is 1. The fourth-order valence-electron chi connectivity index (χ4n) is 2.18. The molecule has 0 saturated heterocycles. The van der Waals surface area contributed by atoms with Gasteiger partial charge in [0.2, 0.25) is 5.16 Å². The maximum atomic E-state index is 5.40. The van der Waals surface area contributed by atoms with Crippen molar-refractivity contribution in [2.24, 2.45) is 0 Å². The van der Waals surface area contributed by atoms with Gasteiger partial charge in [-0.05, 0) is 12.8 Å². The first kappa shape index (κ1) is 19.6. The molecule has 1 rings (SSSR count). The Balaban J connectivity index is 2.24. The molecule has 8 heteroatoms. The molecule has 22 heavy (non-hydrogen) atoms. The number of aryl methyl sites for hydroxylation is 1. The van der Waals surface area contributed by atoms with Gasteiger partial charge < -0.3 is 13.3 Å². The lowest BCUT2D eigenvalue weighted by Crippen LogP contribution is -2.42. The Morgan fingerprint density at radius 2 is 1.77 bits per heavy atom. The number of nitrogens with one attached hydrogen (secondary N) is 1. The Labute approximate surface area is 139 Å². The van der Waals surface area contributed by atoms with Gasteiger partial charge in [-0.15, -0.1) is 5.10 Å². The Morgan fingerprint density at radius 3 is 2.41 bits per heavy atom. The molecular weight excluding hydrogens is 318 g/mol. The topological polar surface area (TPSA) is 69.3 Å². The lowest BCUT2D eigenvalue weighted by molar-refractivity contribution is 0.123. The second kappa shape index (κ2) is 11.2. The van der Waals surface area contributed by atoms with E-state index in [1.54, 1.807) is 33.1 Å². The molecule has 128 valence electrons. The maximum Gasteiger partial charge on any atom is 0.500 e. The predicted molar refractivity (Wildman–Crippen MR) is 91.2 cm³/mol. The molecule has 0 bridgehead atoms. The molecule has 6 nitrogen and oxygen atoms in total. The van der Waals surface area contributed by atoms with E-state index in [-0.39, 0.29) is 0 Å². The Bertz CT molecular complexity index is 394. The highest BCUT2D eigenvalue weighted by atomic mass is 32.2. The molecule has 0 atom stereocenters. The van der Waals surface area contributed by atoms with Crippen molar-refractivity contribution in [1.29, 1.82) is 0 Å². The molecule has 1 N–H and O–H groups in total.